The molecule has 0 N–H and O–H groups in total. The molecule has 1 aliphatic heterocycles. The summed E-state index contributed by atoms with van der Waals surface area (Å²) in [5.41, 5.74) is 0.200. The molecule has 0 bridgehead atoms. The van der Waals surface area contributed by atoms with Crippen LogP contribution in [0.25, 0.3) is 0 Å². The van der Waals surface area contributed by atoms with Crippen molar-refractivity contribution in [1.82, 2.24) is 0 Å². The number of alkyl halides is 3. The Labute approximate surface area is 136 Å². The van der Waals surface area contributed by atoms with Gasteiger partial charge in [0.1, 0.15) is 0 Å². The number of carbonyl (C=O) groups is 1. The van der Waals surface area contributed by atoms with Crippen molar-refractivity contribution in [2.75, 3.05) is 18.5 Å². The topological polar surface area (TPSA) is 46.4 Å². The molecule has 0 unspecified atom stereocenters. The quantitative estimate of drug-likeness (QED) is 0.594. The molecule has 0 radical (unpaired) electrons. The summed E-state index contributed by atoms with van der Waals surface area (Å²) < 4.78 is 39.5. The van der Waals surface area contributed by atoms with Gasteiger partial charge in [-0.2, -0.15) is 17.9 Å². The van der Waals surface area contributed by atoms with Gasteiger partial charge in [-0.25, -0.2) is 0 Å². The molecule has 0 aromatic heterocycles. The van der Waals surface area contributed by atoms with Crippen molar-refractivity contribution >= 4 is 17.3 Å². The molecule has 1 aliphatic rings. The highest BCUT2D eigenvalue weighted by molar-refractivity contribution is 6.16. The number of amides is 1. The Bertz CT molecular complexity index is 829. The summed E-state index contributed by atoms with van der Waals surface area (Å²) in [6.45, 7) is -0.462. The molecule has 0 atom stereocenters. The molecular formula is C17H13F3N2O2. The lowest BCUT2D eigenvalue weighted by atomic mass is 9.98. The molecule has 2 aromatic rings. The molecule has 0 aliphatic carbocycles. The smallest absolute Gasteiger partial charge is 0.416 e. The van der Waals surface area contributed by atoms with E-state index in [4.69, 9.17) is 0 Å². The summed E-state index contributed by atoms with van der Waals surface area (Å²) in [5, 5.41) is 12.4. The van der Waals surface area contributed by atoms with E-state index in [1.807, 2.05) is 0 Å². The number of likely N-dealkylation sites (N-methyl/N-ethyl adjacent to an activating group) is 1. The summed E-state index contributed by atoms with van der Waals surface area (Å²) >= 11 is 0. The Morgan fingerprint density at radius 2 is 1.79 bits per heavy atom. The summed E-state index contributed by atoms with van der Waals surface area (Å²) in [5.74, 6) is -0.573. The number of halogens is 3. The van der Waals surface area contributed by atoms with Gasteiger partial charge in [0.05, 0.1) is 16.8 Å². The average Bonchev–Trinajstić information content (AvgIpc) is 2.63. The van der Waals surface area contributed by atoms with E-state index >= 15 is 0 Å². The number of benzene rings is 2. The van der Waals surface area contributed by atoms with Crippen LogP contribution in [0.4, 0.5) is 18.9 Å². The Morgan fingerprint density at radius 1 is 1.12 bits per heavy atom. The van der Waals surface area contributed by atoms with Crippen molar-refractivity contribution in [3.63, 3.8) is 0 Å². The second-order valence-electron chi connectivity index (χ2n) is 5.43. The summed E-state index contributed by atoms with van der Waals surface area (Å²) in [7, 11) is 1.36. The molecular weight excluding hydrogens is 321 g/mol. The number of rotatable bonds is 1. The molecule has 3 rings (SSSR count). The third kappa shape index (κ3) is 2.73. The largest absolute Gasteiger partial charge is 0.623 e. The van der Waals surface area contributed by atoms with Gasteiger partial charge in [0.25, 0.3) is 5.91 Å². The lowest BCUT2D eigenvalue weighted by molar-refractivity contribution is -0.443. The van der Waals surface area contributed by atoms with Gasteiger partial charge in [-0.3, -0.25) is 4.79 Å². The highest BCUT2D eigenvalue weighted by Crippen LogP contribution is 2.35. The van der Waals surface area contributed by atoms with Crippen LogP contribution >= 0.6 is 0 Å². The third-order valence-electron chi connectivity index (χ3n) is 3.89. The number of hydroxylamine groups is 1. The van der Waals surface area contributed by atoms with Crippen molar-refractivity contribution in [3.05, 3.63) is 70.4 Å². The second kappa shape index (κ2) is 5.67. The molecule has 4 nitrogen and oxygen atoms in total. The molecule has 24 heavy (non-hydrogen) atoms. The van der Waals surface area contributed by atoms with Gasteiger partial charge < -0.3 is 10.1 Å². The fourth-order valence-electron chi connectivity index (χ4n) is 2.66. The van der Waals surface area contributed by atoms with Gasteiger partial charge in [-0.05, 0) is 30.3 Å². The first-order valence-corrected chi connectivity index (χ1v) is 7.14. The minimum atomic E-state index is -4.53. The maximum atomic E-state index is 13.0. The molecule has 0 saturated carbocycles. The summed E-state index contributed by atoms with van der Waals surface area (Å²) in [4.78, 5) is 13.2. The molecule has 1 heterocycles. The van der Waals surface area contributed by atoms with Crippen LogP contribution in [0.15, 0.2) is 48.5 Å². The van der Waals surface area contributed by atoms with Crippen LogP contribution < -0.4 is 4.90 Å². The maximum absolute atomic E-state index is 13.0. The molecule has 0 spiro atoms. The van der Waals surface area contributed by atoms with E-state index in [-0.39, 0.29) is 17.0 Å². The fourth-order valence-corrected chi connectivity index (χ4v) is 2.66. The standard InChI is InChI=1S/C17H13F3N2O2/c1-21-14-9-12(17(18,19)20)7-8-13(14)16(22(24)10-15(21)23)11-5-3-2-4-6-11/h2-9H,10H2,1H3. The van der Waals surface area contributed by atoms with E-state index in [9.17, 15) is 23.2 Å². The highest BCUT2D eigenvalue weighted by atomic mass is 19.4. The van der Waals surface area contributed by atoms with Gasteiger partial charge in [0.15, 0.2) is 0 Å². The van der Waals surface area contributed by atoms with Crippen LogP contribution in [0, 0.1) is 5.21 Å². The average molecular weight is 334 g/mol. The molecule has 2 aromatic carbocycles. The van der Waals surface area contributed by atoms with Crippen molar-refractivity contribution in [2.45, 2.75) is 6.18 Å². The van der Waals surface area contributed by atoms with Crippen molar-refractivity contribution in [2.24, 2.45) is 0 Å². The van der Waals surface area contributed by atoms with Crippen LogP contribution in [0.5, 0.6) is 0 Å². The minimum absolute atomic E-state index is 0.0621. The van der Waals surface area contributed by atoms with Crippen molar-refractivity contribution < 1.29 is 22.7 Å². The van der Waals surface area contributed by atoms with Gasteiger partial charge in [-0.1, -0.05) is 18.2 Å². The molecule has 0 saturated heterocycles. The van der Waals surface area contributed by atoms with E-state index in [1.54, 1.807) is 30.3 Å². The van der Waals surface area contributed by atoms with Gasteiger partial charge >= 0.3 is 6.18 Å². The SMILES string of the molecule is CN1C(=O)C[N+]([O-])=C(c2ccccc2)c2ccc(C(F)(F)F)cc21. The first-order valence-electron chi connectivity index (χ1n) is 7.14. The maximum Gasteiger partial charge on any atom is 0.416 e. The first-order chi connectivity index (χ1) is 11.3. The van der Waals surface area contributed by atoms with E-state index in [2.05, 4.69) is 0 Å². The number of nitrogens with zero attached hydrogens (tertiary/aromatic N) is 2. The lowest BCUT2D eigenvalue weighted by Crippen LogP contribution is -2.31. The van der Waals surface area contributed by atoms with Gasteiger partial charge in [-0.15, -0.1) is 0 Å². The van der Waals surface area contributed by atoms with Crippen molar-refractivity contribution in [1.29, 1.82) is 0 Å². The van der Waals surface area contributed by atoms with Gasteiger partial charge in [0.2, 0.25) is 12.3 Å². The lowest BCUT2D eigenvalue weighted by Gasteiger charge is -2.18. The van der Waals surface area contributed by atoms with E-state index in [1.165, 1.54) is 13.1 Å². The number of carbonyl (C=O) groups excluding carboxylic acids is 1. The van der Waals surface area contributed by atoms with Crippen LogP contribution in [0.3, 0.4) is 0 Å². The molecule has 124 valence electrons. The fraction of sp³-hybridized carbons (Fsp3) is 0.176. The van der Waals surface area contributed by atoms with Crippen LogP contribution in [-0.2, 0) is 11.0 Å². The van der Waals surface area contributed by atoms with Crippen LogP contribution in [-0.4, -0.2) is 30.0 Å². The monoisotopic (exact) mass is 334 g/mol. The number of hydrogen-bond acceptors (Lipinski definition) is 2. The van der Waals surface area contributed by atoms with Crippen LogP contribution in [0.2, 0.25) is 0 Å². The molecule has 7 heteroatoms. The predicted molar refractivity (Wildman–Crippen MR) is 83.0 cm³/mol. The van der Waals surface area contributed by atoms with E-state index in [0.29, 0.717) is 10.3 Å². The zero-order valence-electron chi connectivity index (χ0n) is 12.7. The second-order valence-corrected chi connectivity index (χ2v) is 5.43. The number of hydrogen-bond donors (Lipinski definition) is 0. The summed E-state index contributed by atoms with van der Waals surface area (Å²) in [6, 6.07) is 11.6. The zero-order valence-corrected chi connectivity index (χ0v) is 12.7. The summed E-state index contributed by atoms with van der Waals surface area (Å²) in [6.07, 6.45) is -4.53. The third-order valence-corrected chi connectivity index (χ3v) is 3.89. The first kappa shape index (κ1) is 16.0. The zero-order chi connectivity index (χ0) is 17.5. The Balaban J connectivity index is 2.27. The predicted octanol–water partition coefficient (Wildman–Crippen LogP) is 3.03. The van der Waals surface area contributed by atoms with E-state index < -0.39 is 24.2 Å². The molecule has 0 fully saturated rings. The molecule has 1 amide bonds. The van der Waals surface area contributed by atoms with Crippen molar-refractivity contribution in [3.8, 4) is 0 Å². The Kier molecular flexibility index (Phi) is 3.79. The Hall–Kier alpha value is -2.83. The van der Waals surface area contributed by atoms with Crippen LogP contribution in [0.1, 0.15) is 16.7 Å². The van der Waals surface area contributed by atoms with Gasteiger partial charge in [0, 0.05) is 12.6 Å². The minimum Gasteiger partial charge on any atom is -0.623 e. The Morgan fingerprint density at radius 3 is 2.42 bits per heavy atom. The number of fused-ring (bicyclic) bond motifs is 1. The number of benzodiazepines with no additional fused rings is 1. The normalized spacial score (nSPS) is 15.3. The number of anilines is 1. The highest BCUT2D eigenvalue weighted by Gasteiger charge is 2.35. The van der Waals surface area contributed by atoms with E-state index in [0.717, 1.165) is 17.0 Å².